The molecule has 1 heterocycles. The summed E-state index contributed by atoms with van der Waals surface area (Å²) < 4.78 is 32.4. The Bertz CT molecular complexity index is 969. The molecule has 0 fully saturated rings. The van der Waals surface area contributed by atoms with Crippen LogP contribution in [0.15, 0.2) is 48.2 Å². The number of imide groups is 1. The van der Waals surface area contributed by atoms with Crippen molar-refractivity contribution in [3.8, 4) is 5.75 Å². The van der Waals surface area contributed by atoms with Gasteiger partial charge in [-0.3, -0.25) is 14.5 Å². The van der Waals surface area contributed by atoms with Gasteiger partial charge in [0.2, 0.25) is 0 Å². The van der Waals surface area contributed by atoms with Crippen molar-refractivity contribution in [3.05, 3.63) is 65.4 Å². The predicted octanol–water partition coefficient (Wildman–Crippen LogP) is 4.21. The second-order valence-corrected chi connectivity index (χ2v) is 7.09. The van der Waals surface area contributed by atoms with Crippen LogP contribution in [-0.2, 0) is 9.59 Å². The number of carbonyl (C=O) groups is 2. The van der Waals surface area contributed by atoms with Crippen molar-refractivity contribution in [1.82, 2.24) is 4.90 Å². The molecule has 0 atom stereocenters. The normalized spacial score (nSPS) is 14.2. The molecule has 1 N–H and O–H groups in total. The van der Waals surface area contributed by atoms with Crippen LogP contribution in [0.1, 0.15) is 26.3 Å². The molecule has 2 aromatic carbocycles. The van der Waals surface area contributed by atoms with Crippen LogP contribution < -0.4 is 10.1 Å². The lowest BCUT2D eigenvalue weighted by molar-refractivity contribution is -0.136. The van der Waals surface area contributed by atoms with Crippen molar-refractivity contribution in [2.45, 2.75) is 20.8 Å². The number of amides is 2. The van der Waals surface area contributed by atoms with E-state index in [0.717, 1.165) is 17.0 Å². The Hall–Kier alpha value is -3.22. The highest BCUT2D eigenvalue weighted by atomic mass is 19.2. The van der Waals surface area contributed by atoms with E-state index in [9.17, 15) is 18.4 Å². The monoisotopic (exact) mass is 400 g/mol. The molecule has 7 heteroatoms. The summed E-state index contributed by atoms with van der Waals surface area (Å²) in [4.78, 5) is 26.6. The molecule has 152 valence electrons. The van der Waals surface area contributed by atoms with E-state index in [1.807, 2.05) is 13.8 Å². The number of ether oxygens (including phenoxy) is 1. The molecule has 29 heavy (non-hydrogen) atoms. The zero-order valence-corrected chi connectivity index (χ0v) is 16.5. The number of anilines is 1. The van der Waals surface area contributed by atoms with Gasteiger partial charge < -0.3 is 10.1 Å². The quantitative estimate of drug-likeness (QED) is 0.708. The number of carbonyl (C=O) groups excluding carboxylic acids is 2. The molecular formula is C22H22F2N2O3. The first-order valence-corrected chi connectivity index (χ1v) is 9.37. The zero-order valence-electron chi connectivity index (χ0n) is 16.5. The molecule has 0 unspecified atom stereocenters. The van der Waals surface area contributed by atoms with Crippen molar-refractivity contribution in [2.75, 3.05) is 18.5 Å². The third-order valence-corrected chi connectivity index (χ3v) is 4.40. The van der Waals surface area contributed by atoms with E-state index in [0.29, 0.717) is 23.8 Å². The first-order chi connectivity index (χ1) is 13.8. The minimum absolute atomic E-state index is 0.0266. The summed E-state index contributed by atoms with van der Waals surface area (Å²) in [5, 5.41) is 2.79. The lowest BCUT2D eigenvalue weighted by Crippen LogP contribution is -2.32. The zero-order chi connectivity index (χ0) is 21.1. The Balaban J connectivity index is 1.97. The molecular weight excluding hydrogens is 378 g/mol. The number of likely N-dealkylation sites (N-methyl/N-ethyl adjacent to an activating group) is 1. The largest absolute Gasteiger partial charge is 0.493 e. The maximum atomic E-state index is 13.6. The summed E-state index contributed by atoms with van der Waals surface area (Å²) in [5.74, 6) is -1.98. The summed E-state index contributed by atoms with van der Waals surface area (Å²) in [5.41, 5.74) is 0.907. The Morgan fingerprint density at radius 1 is 1.00 bits per heavy atom. The van der Waals surface area contributed by atoms with Crippen molar-refractivity contribution in [1.29, 1.82) is 0 Å². The van der Waals surface area contributed by atoms with Gasteiger partial charge in [-0.15, -0.1) is 0 Å². The fourth-order valence-electron chi connectivity index (χ4n) is 2.95. The molecule has 5 nitrogen and oxygen atoms in total. The lowest BCUT2D eigenvalue weighted by atomic mass is 10.0. The Labute approximate surface area is 168 Å². The lowest BCUT2D eigenvalue weighted by Gasteiger charge is -2.12. The van der Waals surface area contributed by atoms with Gasteiger partial charge in [0.15, 0.2) is 11.6 Å². The number of hydrogen-bond donors (Lipinski definition) is 1. The standard InChI is InChI=1S/C22H22F2N2O3/c1-4-26-21(27)19(14-5-8-16(9-6-14)29-12-13(2)3)20(22(26)28)25-15-7-10-17(23)18(24)11-15/h5-11,13,25H,4,12H2,1-3H3. The molecule has 2 aromatic rings. The molecule has 0 bridgehead atoms. The van der Waals surface area contributed by atoms with E-state index in [2.05, 4.69) is 5.32 Å². The van der Waals surface area contributed by atoms with Crippen LogP contribution in [0.3, 0.4) is 0 Å². The van der Waals surface area contributed by atoms with Crippen molar-refractivity contribution >= 4 is 23.1 Å². The van der Waals surface area contributed by atoms with Crippen LogP contribution in [0.2, 0.25) is 0 Å². The van der Waals surface area contributed by atoms with Gasteiger partial charge in [-0.2, -0.15) is 0 Å². The molecule has 0 aliphatic carbocycles. The molecule has 0 saturated heterocycles. The minimum atomic E-state index is -1.05. The molecule has 3 rings (SSSR count). The number of halogens is 2. The highest BCUT2D eigenvalue weighted by Gasteiger charge is 2.38. The second-order valence-electron chi connectivity index (χ2n) is 7.09. The summed E-state index contributed by atoms with van der Waals surface area (Å²) >= 11 is 0. The Kier molecular flexibility index (Phi) is 5.96. The van der Waals surface area contributed by atoms with Gasteiger partial charge in [-0.25, -0.2) is 8.78 Å². The third kappa shape index (κ3) is 4.29. The second kappa shape index (κ2) is 8.43. The third-order valence-electron chi connectivity index (χ3n) is 4.40. The average Bonchev–Trinajstić information content (AvgIpc) is 2.92. The van der Waals surface area contributed by atoms with Crippen molar-refractivity contribution in [3.63, 3.8) is 0 Å². The first-order valence-electron chi connectivity index (χ1n) is 9.37. The number of benzene rings is 2. The minimum Gasteiger partial charge on any atom is -0.493 e. The van der Waals surface area contributed by atoms with Gasteiger partial charge in [-0.05, 0) is 42.7 Å². The summed E-state index contributed by atoms with van der Waals surface area (Å²) in [6.45, 7) is 6.53. The highest BCUT2D eigenvalue weighted by Crippen LogP contribution is 2.31. The Morgan fingerprint density at radius 2 is 1.69 bits per heavy atom. The number of rotatable bonds is 7. The molecule has 0 saturated carbocycles. The molecule has 0 radical (unpaired) electrons. The fourth-order valence-corrected chi connectivity index (χ4v) is 2.95. The fraction of sp³-hybridized carbons (Fsp3) is 0.273. The van der Waals surface area contributed by atoms with Crippen molar-refractivity contribution < 1.29 is 23.1 Å². The van der Waals surface area contributed by atoms with E-state index >= 15 is 0 Å². The van der Waals surface area contributed by atoms with Gasteiger partial charge in [0, 0.05) is 18.3 Å². The molecule has 1 aliphatic rings. The maximum Gasteiger partial charge on any atom is 0.278 e. The molecule has 0 aromatic heterocycles. The summed E-state index contributed by atoms with van der Waals surface area (Å²) in [6, 6.07) is 10.0. The van der Waals surface area contributed by atoms with E-state index in [-0.39, 0.29) is 23.5 Å². The van der Waals surface area contributed by atoms with E-state index in [1.54, 1.807) is 31.2 Å². The summed E-state index contributed by atoms with van der Waals surface area (Å²) in [7, 11) is 0. The van der Waals surface area contributed by atoms with Crippen LogP contribution in [0.5, 0.6) is 5.75 Å². The van der Waals surface area contributed by atoms with Crippen LogP contribution in [0.4, 0.5) is 14.5 Å². The van der Waals surface area contributed by atoms with Crippen LogP contribution >= 0.6 is 0 Å². The SMILES string of the molecule is CCN1C(=O)C(Nc2ccc(F)c(F)c2)=C(c2ccc(OCC(C)C)cc2)C1=O. The van der Waals surface area contributed by atoms with E-state index in [1.165, 1.54) is 6.07 Å². The van der Waals surface area contributed by atoms with Crippen LogP contribution in [0, 0.1) is 17.6 Å². The van der Waals surface area contributed by atoms with Gasteiger partial charge >= 0.3 is 0 Å². The van der Waals surface area contributed by atoms with Gasteiger partial charge in [0.1, 0.15) is 11.4 Å². The summed E-state index contributed by atoms with van der Waals surface area (Å²) in [6.07, 6.45) is 0. The number of hydrogen-bond acceptors (Lipinski definition) is 4. The van der Waals surface area contributed by atoms with Gasteiger partial charge in [0.25, 0.3) is 11.8 Å². The number of nitrogens with one attached hydrogen (secondary N) is 1. The molecule has 1 aliphatic heterocycles. The van der Waals surface area contributed by atoms with Crippen LogP contribution in [-0.4, -0.2) is 29.9 Å². The molecule has 2 amide bonds. The molecule has 0 spiro atoms. The smallest absolute Gasteiger partial charge is 0.278 e. The van der Waals surface area contributed by atoms with Gasteiger partial charge in [-0.1, -0.05) is 26.0 Å². The average molecular weight is 400 g/mol. The number of nitrogens with zero attached hydrogens (tertiary/aromatic N) is 1. The Morgan fingerprint density at radius 3 is 2.28 bits per heavy atom. The van der Waals surface area contributed by atoms with E-state index in [4.69, 9.17) is 4.74 Å². The topological polar surface area (TPSA) is 58.6 Å². The first kappa shape index (κ1) is 20.5. The highest BCUT2D eigenvalue weighted by molar-refractivity contribution is 6.36. The van der Waals surface area contributed by atoms with Gasteiger partial charge in [0.05, 0.1) is 12.2 Å². The van der Waals surface area contributed by atoms with Crippen LogP contribution in [0.25, 0.3) is 5.57 Å². The predicted molar refractivity (Wildman–Crippen MR) is 106 cm³/mol. The van der Waals surface area contributed by atoms with Crippen molar-refractivity contribution in [2.24, 2.45) is 5.92 Å². The van der Waals surface area contributed by atoms with E-state index < -0.39 is 23.4 Å². The maximum absolute atomic E-state index is 13.6.